The Balaban J connectivity index is 2.57. The molecule has 0 saturated heterocycles. The first kappa shape index (κ1) is 8.29. The molecule has 0 radical (unpaired) electrons. The van der Waals surface area contributed by atoms with Gasteiger partial charge in [0.15, 0.2) is 0 Å². The molecule has 0 aromatic rings. The summed E-state index contributed by atoms with van der Waals surface area (Å²) in [7, 11) is 0. The number of carbonyl (C=O) groups is 1. The number of carbonyl (C=O) groups excluding carboxylic acids is 1. The number of terminal acetylenes is 1. The molecule has 0 aromatic heterocycles. The maximum atomic E-state index is 10.2. The maximum Gasteiger partial charge on any atom is 0.120 e. The first-order valence-electron chi connectivity index (χ1n) is 3.87. The maximum absolute atomic E-state index is 10.2. The molecule has 2 heteroatoms. The van der Waals surface area contributed by atoms with Gasteiger partial charge in [-0.25, -0.2) is 0 Å². The third-order valence-electron chi connectivity index (χ3n) is 2.37. The van der Waals surface area contributed by atoms with Gasteiger partial charge >= 0.3 is 0 Å². The third kappa shape index (κ3) is 1.61. The molecule has 1 aliphatic rings. The molecule has 11 heavy (non-hydrogen) atoms. The van der Waals surface area contributed by atoms with Crippen LogP contribution in [0.1, 0.15) is 19.3 Å². The lowest BCUT2D eigenvalue weighted by Crippen LogP contribution is -2.18. The summed E-state index contributed by atoms with van der Waals surface area (Å²) in [5.41, 5.74) is 0. The Morgan fingerprint density at radius 3 is 2.91 bits per heavy atom. The van der Waals surface area contributed by atoms with E-state index in [1.54, 1.807) is 0 Å². The summed E-state index contributed by atoms with van der Waals surface area (Å²) in [5, 5.41) is 9.37. The highest BCUT2D eigenvalue weighted by atomic mass is 16.3. The summed E-state index contributed by atoms with van der Waals surface area (Å²) < 4.78 is 0. The van der Waals surface area contributed by atoms with Gasteiger partial charge in [0.1, 0.15) is 6.29 Å². The van der Waals surface area contributed by atoms with Gasteiger partial charge in [-0.1, -0.05) is 0 Å². The van der Waals surface area contributed by atoms with E-state index in [2.05, 4.69) is 5.92 Å². The van der Waals surface area contributed by atoms with Crippen molar-refractivity contribution in [3.63, 3.8) is 0 Å². The average Bonchev–Trinajstić information content (AvgIpc) is 2.34. The zero-order chi connectivity index (χ0) is 8.27. The lowest BCUT2D eigenvalue weighted by atomic mass is 9.93. The van der Waals surface area contributed by atoms with E-state index in [4.69, 9.17) is 6.42 Å². The van der Waals surface area contributed by atoms with Gasteiger partial charge in [0.2, 0.25) is 0 Å². The molecule has 60 valence electrons. The van der Waals surface area contributed by atoms with Crippen LogP contribution in [0.3, 0.4) is 0 Å². The quantitative estimate of drug-likeness (QED) is 0.464. The molecule has 1 saturated carbocycles. The lowest BCUT2D eigenvalue weighted by molar-refractivity contribution is -0.109. The van der Waals surface area contributed by atoms with Crippen molar-refractivity contribution in [1.29, 1.82) is 0 Å². The van der Waals surface area contributed by atoms with Gasteiger partial charge in [-0.05, 0) is 12.8 Å². The van der Waals surface area contributed by atoms with Gasteiger partial charge in [0.25, 0.3) is 0 Å². The van der Waals surface area contributed by atoms with E-state index in [0.29, 0.717) is 6.42 Å². The highest BCUT2D eigenvalue weighted by molar-refractivity contribution is 5.50. The normalized spacial score (nSPS) is 36.5. The monoisotopic (exact) mass is 152 g/mol. The molecule has 0 bridgehead atoms. The first-order valence-corrected chi connectivity index (χ1v) is 3.87. The second-order valence-corrected chi connectivity index (χ2v) is 2.98. The van der Waals surface area contributed by atoms with Crippen molar-refractivity contribution in [3.05, 3.63) is 0 Å². The predicted octanol–water partition coefficient (Wildman–Crippen LogP) is 0.596. The third-order valence-corrected chi connectivity index (χ3v) is 2.37. The SMILES string of the molecule is C#C[C@@H]1CC[C@@H](O)[C@H]1CC=O. The van der Waals surface area contributed by atoms with Gasteiger partial charge in [0.05, 0.1) is 6.10 Å². The van der Waals surface area contributed by atoms with Crippen molar-refractivity contribution < 1.29 is 9.90 Å². The van der Waals surface area contributed by atoms with E-state index in [-0.39, 0.29) is 17.9 Å². The fourth-order valence-corrected chi connectivity index (χ4v) is 1.69. The predicted molar refractivity (Wildman–Crippen MR) is 41.7 cm³/mol. The Morgan fingerprint density at radius 2 is 2.36 bits per heavy atom. The molecule has 2 nitrogen and oxygen atoms in total. The van der Waals surface area contributed by atoms with Gasteiger partial charge in [-0.2, -0.15) is 0 Å². The van der Waals surface area contributed by atoms with Crippen LogP contribution in [0.5, 0.6) is 0 Å². The number of rotatable bonds is 2. The van der Waals surface area contributed by atoms with Crippen molar-refractivity contribution in [2.45, 2.75) is 25.4 Å². The smallest absolute Gasteiger partial charge is 0.120 e. The summed E-state index contributed by atoms with van der Waals surface area (Å²) in [4.78, 5) is 10.2. The van der Waals surface area contributed by atoms with Crippen LogP contribution in [0.4, 0.5) is 0 Å². The number of hydrogen-bond acceptors (Lipinski definition) is 2. The zero-order valence-electron chi connectivity index (χ0n) is 6.36. The van der Waals surface area contributed by atoms with E-state index < -0.39 is 0 Å². The van der Waals surface area contributed by atoms with Crippen molar-refractivity contribution in [2.75, 3.05) is 0 Å². The molecular formula is C9H12O2. The van der Waals surface area contributed by atoms with Crippen molar-refractivity contribution in [2.24, 2.45) is 11.8 Å². The van der Waals surface area contributed by atoms with Crippen molar-refractivity contribution in [1.82, 2.24) is 0 Å². The Morgan fingerprint density at radius 1 is 1.64 bits per heavy atom. The largest absolute Gasteiger partial charge is 0.393 e. The summed E-state index contributed by atoms with van der Waals surface area (Å²) in [6, 6.07) is 0. The standard InChI is InChI=1S/C9H12O2/c1-2-7-3-4-9(11)8(7)5-6-10/h1,6-9,11H,3-5H2/t7-,8+,9-/m1/s1. The van der Waals surface area contributed by atoms with Crippen LogP contribution in [0, 0.1) is 24.2 Å². The minimum Gasteiger partial charge on any atom is -0.393 e. The minimum absolute atomic E-state index is 0.0116. The van der Waals surface area contributed by atoms with Crippen molar-refractivity contribution >= 4 is 6.29 Å². The fraction of sp³-hybridized carbons (Fsp3) is 0.667. The van der Waals surface area contributed by atoms with Gasteiger partial charge in [0, 0.05) is 18.3 Å². The van der Waals surface area contributed by atoms with E-state index in [1.807, 2.05) is 0 Å². The summed E-state index contributed by atoms with van der Waals surface area (Å²) >= 11 is 0. The second kappa shape index (κ2) is 3.54. The molecule has 0 unspecified atom stereocenters. The van der Waals surface area contributed by atoms with E-state index >= 15 is 0 Å². The Bertz CT molecular complexity index is 180. The second-order valence-electron chi connectivity index (χ2n) is 2.98. The lowest BCUT2D eigenvalue weighted by Gasteiger charge is -2.14. The molecule has 0 spiro atoms. The Hall–Kier alpha value is -0.810. The van der Waals surface area contributed by atoms with E-state index in [1.165, 1.54) is 0 Å². The molecular weight excluding hydrogens is 140 g/mol. The number of aliphatic hydroxyl groups excluding tert-OH is 1. The summed E-state index contributed by atoms with van der Waals surface area (Å²) in [5.74, 6) is 2.73. The molecule has 1 aliphatic carbocycles. The molecule has 1 N–H and O–H groups in total. The van der Waals surface area contributed by atoms with Crippen LogP contribution in [0.15, 0.2) is 0 Å². The number of hydrogen-bond donors (Lipinski definition) is 1. The van der Waals surface area contributed by atoms with E-state index in [9.17, 15) is 9.90 Å². The molecule has 0 aliphatic heterocycles. The van der Waals surface area contributed by atoms with E-state index in [0.717, 1.165) is 19.1 Å². The molecule has 1 rings (SSSR count). The van der Waals surface area contributed by atoms with Crippen LogP contribution in [-0.2, 0) is 4.79 Å². The molecule has 0 amide bonds. The average molecular weight is 152 g/mol. The summed E-state index contributed by atoms with van der Waals surface area (Å²) in [6.45, 7) is 0. The topological polar surface area (TPSA) is 37.3 Å². The Kier molecular flexibility index (Phi) is 2.67. The number of aliphatic hydroxyl groups is 1. The molecule has 1 fully saturated rings. The highest BCUT2D eigenvalue weighted by Crippen LogP contribution is 2.33. The molecule has 0 aromatic carbocycles. The van der Waals surface area contributed by atoms with Gasteiger partial charge < -0.3 is 9.90 Å². The van der Waals surface area contributed by atoms with Crippen LogP contribution in [0.25, 0.3) is 0 Å². The highest BCUT2D eigenvalue weighted by Gasteiger charge is 2.32. The fourth-order valence-electron chi connectivity index (χ4n) is 1.69. The molecule has 3 atom stereocenters. The van der Waals surface area contributed by atoms with Crippen LogP contribution in [-0.4, -0.2) is 17.5 Å². The van der Waals surface area contributed by atoms with Gasteiger partial charge in [-0.15, -0.1) is 12.3 Å². The minimum atomic E-state index is -0.360. The summed E-state index contributed by atoms with van der Waals surface area (Å²) in [6.07, 6.45) is 7.72. The van der Waals surface area contributed by atoms with Crippen LogP contribution < -0.4 is 0 Å². The first-order chi connectivity index (χ1) is 5.29. The molecule has 0 heterocycles. The zero-order valence-corrected chi connectivity index (χ0v) is 6.36. The Labute approximate surface area is 66.6 Å². The van der Waals surface area contributed by atoms with Crippen LogP contribution in [0.2, 0.25) is 0 Å². The van der Waals surface area contributed by atoms with Gasteiger partial charge in [-0.3, -0.25) is 0 Å². The van der Waals surface area contributed by atoms with Crippen molar-refractivity contribution in [3.8, 4) is 12.3 Å². The van der Waals surface area contributed by atoms with Crippen LogP contribution >= 0.6 is 0 Å². The number of aldehydes is 1.